The van der Waals surface area contributed by atoms with Gasteiger partial charge in [-0.3, -0.25) is 4.79 Å². The van der Waals surface area contributed by atoms with E-state index in [9.17, 15) is 4.79 Å². The summed E-state index contributed by atoms with van der Waals surface area (Å²) in [5.41, 5.74) is 2.49. The molecule has 0 bridgehead atoms. The van der Waals surface area contributed by atoms with Gasteiger partial charge in [0.15, 0.2) is 0 Å². The third kappa shape index (κ3) is 4.62. The maximum absolute atomic E-state index is 13.3. The summed E-state index contributed by atoms with van der Waals surface area (Å²) in [6.45, 7) is 1.67. The molecule has 1 saturated heterocycles. The quantitative estimate of drug-likeness (QED) is 0.440. The van der Waals surface area contributed by atoms with Crippen molar-refractivity contribution in [1.82, 2.24) is 4.90 Å². The summed E-state index contributed by atoms with van der Waals surface area (Å²) in [4.78, 5) is 17.4. The first-order valence-electron chi connectivity index (χ1n) is 9.87. The highest BCUT2D eigenvalue weighted by molar-refractivity contribution is 6.36. The second-order valence-corrected chi connectivity index (χ2v) is 8.59. The van der Waals surface area contributed by atoms with Gasteiger partial charge in [0.25, 0.3) is 5.91 Å². The molecule has 1 aliphatic rings. The Bertz CT molecular complexity index is 1090. The lowest BCUT2D eigenvalue weighted by atomic mass is 10.0. The molecule has 4 rings (SSSR count). The molecule has 0 N–H and O–H groups in total. The topological polar surface area (TPSA) is 32.8 Å². The molecule has 160 valence electrons. The first kappa shape index (κ1) is 21.8. The van der Waals surface area contributed by atoms with Crippen molar-refractivity contribution in [3.63, 3.8) is 0 Å². The van der Waals surface area contributed by atoms with Crippen LogP contribution in [0.15, 0.2) is 66.7 Å². The molecule has 1 aliphatic heterocycles. The van der Waals surface area contributed by atoms with Gasteiger partial charge in [0.05, 0.1) is 29.4 Å². The van der Waals surface area contributed by atoms with Crippen LogP contribution >= 0.6 is 34.8 Å². The van der Waals surface area contributed by atoms with E-state index in [1.807, 2.05) is 53.4 Å². The molecule has 7 heteroatoms. The van der Waals surface area contributed by atoms with Gasteiger partial charge in [-0.15, -0.1) is 0 Å². The van der Waals surface area contributed by atoms with Crippen molar-refractivity contribution in [3.05, 3.63) is 92.9 Å². The predicted molar refractivity (Wildman–Crippen MR) is 127 cm³/mol. The van der Waals surface area contributed by atoms with Crippen molar-refractivity contribution in [2.45, 2.75) is 6.04 Å². The lowest BCUT2D eigenvalue weighted by molar-refractivity contribution is 0.0718. The number of nitrogens with zero attached hydrogens (tertiary/aromatic N) is 2. The molecular formula is C24H21Cl3N2O2. The molecule has 0 radical (unpaired) electrons. The van der Waals surface area contributed by atoms with Crippen LogP contribution in [-0.2, 0) is 0 Å². The van der Waals surface area contributed by atoms with Crippen LogP contribution in [0.3, 0.4) is 0 Å². The molecule has 31 heavy (non-hydrogen) atoms. The van der Waals surface area contributed by atoms with Crippen molar-refractivity contribution in [1.29, 1.82) is 0 Å². The summed E-state index contributed by atoms with van der Waals surface area (Å²) in [5, 5.41) is 1.83. The second-order valence-electron chi connectivity index (χ2n) is 7.31. The SMILES string of the molecule is COc1ccccc1C(=O)N1CCN(c2ccc(Cl)cc2Cl)C(c2ccc(Cl)cc2)C1. The van der Waals surface area contributed by atoms with E-state index in [0.717, 1.165) is 11.3 Å². The van der Waals surface area contributed by atoms with Gasteiger partial charge in [0.2, 0.25) is 0 Å². The number of carbonyl (C=O) groups excluding carboxylic acids is 1. The largest absolute Gasteiger partial charge is 0.496 e. The average molecular weight is 476 g/mol. The molecule has 1 amide bonds. The second kappa shape index (κ2) is 9.39. The lowest BCUT2D eigenvalue weighted by Crippen LogP contribution is -2.50. The van der Waals surface area contributed by atoms with Gasteiger partial charge < -0.3 is 14.5 Å². The van der Waals surface area contributed by atoms with E-state index in [1.54, 1.807) is 25.3 Å². The predicted octanol–water partition coefficient (Wildman–Crippen LogP) is 6.36. The van der Waals surface area contributed by atoms with E-state index in [0.29, 0.717) is 46.0 Å². The highest BCUT2D eigenvalue weighted by Gasteiger charge is 2.33. The van der Waals surface area contributed by atoms with Gasteiger partial charge in [0.1, 0.15) is 5.75 Å². The molecule has 0 aromatic heterocycles. The first-order valence-corrected chi connectivity index (χ1v) is 11.0. The molecule has 3 aromatic carbocycles. The van der Waals surface area contributed by atoms with Crippen molar-refractivity contribution >= 4 is 46.4 Å². The van der Waals surface area contributed by atoms with E-state index in [2.05, 4.69) is 4.90 Å². The van der Waals surface area contributed by atoms with Crippen LogP contribution in [-0.4, -0.2) is 37.6 Å². The van der Waals surface area contributed by atoms with Crippen LogP contribution in [0.1, 0.15) is 22.0 Å². The zero-order valence-corrected chi connectivity index (χ0v) is 19.2. The summed E-state index contributed by atoms with van der Waals surface area (Å²) in [5.74, 6) is 0.511. The van der Waals surface area contributed by atoms with Crippen LogP contribution in [0.4, 0.5) is 5.69 Å². The van der Waals surface area contributed by atoms with Crippen molar-refractivity contribution < 1.29 is 9.53 Å². The molecule has 4 nitrogen and oxygen atoms in total. The van der Waals surface area contributed by atoms with E-state index in [1.165, 1.54) is 0 Å². The summed E-state index contributed by atoms with van der Waals surface area (Å²) < 4.78 is 5.40. The fourth-order valence-corrected chi connectivity index (χ4v) is 4.57. The number of para-hydroxylation sites is 1. The third-order valence-corrected chi connectivity index (χ3v) is 6.27. The molecular weight excluding hydrogens is 455 g/mol. The number of halogens is 3. The fourth-order valence-electron chi connectivity index (χ4n) is 3.93. The fraction of sp³-hybridized carbons (Fsp3) is 0.208. The summed E-state index contributed by atoms with van der Waals surface area (Å²) in [7, 11) is 1.57. The van der Waals surface area contributed by atoms with E-state index < -0.39 is 0 Å². The molecule has 0 saturated carbocycles. The van der Waals surface area contributed by atoms with Crippen molar-refractivity contribution in [2.75, 3.05) is 31.6 Å². The number of rotatable bonds is 4. The monoisotopic (exact) mass is 474 g/mol. The molecule has 0 aliphatic carbocycles. The highest BCUT2D eigenvalue weighted by Crippen LogP contribution is 2.37. The van der Waals surface area contributed by atoms with Crippen LogP contribution in [0, 0.1) is 0 Å². The normalized spacial score (nSPS) is 16.3. The van der Waals surface area contributed by atoms with E-state index >= 15 is 0 Å². The molecule has 3 aromatic rings. The Morgan fingerprint density at radius 3 is 2.35 bits per heavy atom. The molecule has 1 heterocycles. The Hall–Kier alpha value is -2.40. The number of ether oxygens (including phenoxy) is 1. The summed E-state index contributed by atoms with van der Waals surface area (Å²) in [6.07, 6.45) is 0. The van der Waals surface area contributed by atoms with Crippen LogP contribution < -0.4 is 9.64 Å². The standard InChI is InChI=1S/C24H21Cl3N2O2/c1-31-23-5-3-2-4-19(23)24(30)28-12-13-29(21-11-10-18(26)14-20(21)27)22(15-28)16-6-8-17(25)9-7-16/h2-11,14,22H,12-13,15H2,1H3. The van der Waals surface area contributed by atoms with Crippen molar-refractivity contribution in [2.24, 2.45) is 0 Å². The summed E-state index contributed by atoms with van der Waals surface area (Å²) in [6, 6.07) is 20.4. The first-order chi connectivity index (χ1) is 15.0. The van der Waals surface area contributed by atoms with Gasteiger partial charge in [0, 0.05) is 29.7 Å². The van der Waals surface area contributed by atoms with E-state index in [4.69, 9.17) is 39.5 Å². The number of piperazine rings is 1. The zero-order valence-electron chi connectivity index (χ0n) is 16.9. The average Bonchev–Trinajstić information content (AvgIpc) is 2.79. The van der Waals surface area contributed by atoms with Gasteiger partial charge in [-0.05, 0) is 48.0 Å². The molecule has 1 unspecified atom stereocenters. The number of anilines is 1. The minimum Gasteiger partial charge on any atom is -0.496 e. The number of methoxy groups -OCH3 is 1. The van der Waals surface area contributed by atoms with E-state index in [-0.39, 0.29) is 11.9 Å². The maximum Gasteiger partial charge on any atom is 0.257 e. The third-order valence-electron chi connectivity index (χ3n) is 5.48. The summed E-state index contributed by atoms with van der Waals surface area (Å²) >= 11 is 18.7. The molecule has 0 spiro atoms. The lowest BCUT2D eigenvalue weighted by Gasteiger charge is -2.43. The Morgan fingerprint density at radius 1 is 0.935 bits per heavy atom. The smallest absolute Gasteiger partial charge is 0.257 e. The number of carbonyl (C=O) groups is 1. The van der Waals surface area contributed by atoms with Gasteiger partial charge in [-0.1, -0.05) is 59.1 Å². The molecule has 1 fully saturated rings. The van der Waals surface area contributed by atoms with Gasteiger partial charge >= 0.3 is 0 Å². The number of hydrogen-bond donors (Lipinski definition) is 0. The number of amides is 1. The van der Waals surface area contributed by atoms with Gasteiger partial charge in [-0.2, -0.15) is 0 Å². The Morgan fingerprint density at radius 2 is 1.65 bits per heavy atom. The van der Waals surface area contributed by atoms with Gasteiger partial charge in [-0.25, -0.2) is 0 Å². The number of hydrogen-bond acceptors (Lipinski definition) is 3. The van der Waals surface area contributed by atoms with Crippen LogP contribution in [0.2, 0.25) is 15.1 Å². The Balaban J connectivity index is 1.68. The molecule has 1 atom stereocenters. The van der Waals surface area contributed by atoms with Crippen LogP contribution in [0.5, 0.6) is 5.75 Å². The van der Waals surface area contributed by atoms with Crippen molar-refractivity contribution in [3.8, 4) is 5.75 Å². The zero-order chi connectivity index (χ0) is 22.0. The maximum atomic E-state index is 13.3. The Labute approximate surface area is 196 Å². The minimum atomic E-state index is -0.0941. The number of benzene rings is 3. The minimum absolute atomic E-state index is 0.0572. The highest BCUT2D eigenvalue weighted by atomic mass is 35.5. The van der Waals surface area contributed by atoms with Crippen LogP contribution in [0.25, 0.3) is 0 Å². The Kier molecular flexibility index (Phi) is 6.61.